The van der Waals surface area contributed by atoms with E-state index in [1.54, 1.807) is 24.1 Å². The lowest BCUT2D eigenvalue weighted by atomic mass is 9.72. The van der Waals surface area contributed by atoms with E-state index >= 15 is 0 Å². The van der Waals surface area contributed by atoms with Gasteiger partial charge < -0.3 is 20.3 Å². The highest BCUT2D eigenvalue weighted by Crippen LogP contribution is 2.41. The maximum atomic E-state index is 14.5. The Balaban J connectivity index is 1.37. The van der Waals surface area contributed by atoms with Crippen LogP contribution in [0.25, 0.3) is 0 Å². The molecule has 2 aromatic carbocycles. The third-order valence-corrected chi connectivity index (χ3v) is 8.95. The molecule has 0 aliphatic carbocycles. The molecular formula is C30H34ClFN4O5. The lowest BCUT2D eigenvalue weighted by molar-refractivity contribution is -0.142. The number of hydrogen-bond donors (Lipinski definition) is 2. The Morgan fingerprint density at radius 3 is 2.32 bits per heavy atom. The number of carbonyl (C=O) groups is 4. The molecule has 3 amide bonds. The first-order valence-electron chi connectivity index (χ1n) is 14.0. The quantitative estimate of drug-likeness (QED) is 0.539. The van der Waals surface area contributed by atoms with Crippen LogP contribution in [-0.2, 0) is 14.4 Å². The van der Waals surface area contributed by atoms with Gasteiger partial charge in [-0.3, -0.25) is 19.3 Å². The van der Waals surface area contributed by atoms with Crippen LogP contribution in [0.4, 0.5) is 9.18 Å². The zero-order valence-corrected chi connectivity index (χ0v) is 23.7. The summed E-state index contributed by atoms with van der Waals surface area (Å²) in [6, 6.07) is 12.4. The first-order chi connectivity index (χ1) is 19.7. The summed E-state index contributed by atoms with van der Waals surface area (Å²) in [6.45, 7) is 1.90. The van der Waals surface area contributed by atoms with E-state index in [1.165, 1.54) is 29.2 Å². The van der Waals surface area contributed by atoms with Gasteiger partial charge in [0.05, 0.1) is 5.92 Å². The fraction of sp³-hybridized carbons (Fsp3) is 0.467. The summed E-state index contributed by atoms with van der Waals surface area (Å²) in [5, 5.41) is 6.65. The molecule has 3 aliphatic heterocycles. The monoisotopic (exact) mass is 584 g/mol. The summed E-state index contributed by atoms with van der Waals surface area (Å²) < 4.78 is 19.0. The molecule has 41 heavy (non-hydrogen) atoms. The molecule has 9 nitrogen and oxygen atoms in total. The van der Waals surface area contributed by atoms with Gasteiger partial charge in [-0.1, -0.05) is 23.7 Å². The standard InChI is InChI=1S/C30H34ClFN4O5/c1-35(29(40)41-24-9-7-23(32)8-10-24)30(18-33-17-25(30)19-2-5-22(31)6-3-19)27(38)20-12-14-36(15-13-20)28(39)21-4-11-26(37)34-16-21/h2-3,5-10,20-21,25,33H,4,11-18H2,1H3,(H,34,37)/t21?,25-,30+/m0/s1. The van der Waals surface area contributed by atoms with Crippen molar-refractivity contribution < 1.29 is 28.3 Å². The van der Waals surface area contributed by atoms with Gasteiger partial charge in [0.1, 0.15) is 17.1 Å². The van der Waals surface area contributed by atoms with Crippen LogP contribution in [0.2, 0.25) is 5.02 Å². The van der Waals surface area contributed by atoms with Crippen molar-refractivity contribution in [1.29, 1.82) is 0 Å². The first-order valence-corrected chi connectivity index (χ1v) is 14.3. The van der Waals surface area contributed by atoms with E-state index in [2.05, 4.69) is 10.6 Å². The first kappa shape index (κ1) is 29.0. The van der Waals surface area contributed by atoms with Crippen molar-refractivity contribution in [3.63, 3.8) is 0 Å². The fourth-order valence-electron chi connectivity index (χ4n) is 6.32. The summed E-state index contributed by atoms with van der Waals surface area (Å²) in [4.78, 5) is 55.7. The van der Waals surface area contributed by atoms with E-state index in [1.807, 2.05) is 12.1 Å². The number of amides is 3. The van der Waals surface area contributed by atoms with Gasteiger partial charge in [0.15, 0.2) is 5.78 Å². The molecule has 3 aliphatic rings. The number of ketones is 1. The molecule has 218 valence electrons. The highest BCUT2D eigenvalue weighted by molar-refractivity contribution is 6.30. The van der Waals surface area contributed by atoms with E-state index < -0.39 is 17.4 Å². The Labute approximate surface area is 243 Å². The second-order valence-corrected chi connectivity index (χ2v) is 11.5. The van der Waals surface area contributed by atoms with Crippen LogP contribution >= 0.6 is 11.6 Å². The number of carbonyl (C=O) groups excluding carboxylic acids is 4. The highest BCUT2D eigenvalue weighted by Gasteiger charge is 2.56. The maximum absolute atomic E-state index is 14.5. The second kappa shape index (κ2) is 12.2. The van der Waals surface area contributed by atoms with Crippen molar-refractivity contribution in [2.24, 2.45) is 11.8 Å². The van der Waals surface area contributed by atoms with Crippen molar-refractivity contribution in [1.82, 2.24) is 20.4 Å². The van der Waals surface area contributed by atoms with Gasteiger partial charge in [-0.15, -0.1) is 0 Å². The maximum Gasteiger partial charge on any atom is 0.415 e. The zero-order valence-electron chi connectivity index (χ0n) is 22.9. The van der Waals surface area contributed by atoms with Crippen LogP contribution in [0.5, 0.6) is 5.75 Å². The number of benzene rings is 2. The van der Waals surface area contributed by atoms with E-state index in [4.69, 9.17) is 16.3 Å². The molecule has 0 bridgehead atoms. The SMILES string of the molecule is CN(C(=O)Oc1ccc(F)cc1)[C@]1(C(=O)C2CCN(C(=O)C3CCC(=O)NC3)CC2)CNC[C@H]1c1ccc(Cl)cc1. The number of likely N-dealkylation sites (tertiary alicyclic amines) is 1. The highest BCUT2D eigenvalue weighted by atomic mass is 35.5. The summed E-state index contributed by atoms with van der Waals surface area (Å²) in [5.74, 6) is -1.39. The number of nitrogens with zero attached hydrogens (tertiary/aromatic N) is 2. The minimum absolute atomic E-state index is 0.00665. The Morgan fingerprint density at radius 1 is 1.00 bits per heavy atom. The molecule has 5 rings (SSSR count). The van der Waals surface area contributed by atoms with Gasteiger partial charge in [-0.2, -0.15) is 0 Å². The predicted molar refractivity (Wildman–Crippen MR) is 150 cm³/mol. The van der Waals surface area contributed by atoms with Gasteiger partial charge >= 0.3 is 6.09 Å². The molecule has 3 atom stereocenters. The zero-order chi connectivity index (χ0) is 29.1. The molecule has 0 saturated carbocycles. The average Bonchev–Trinajstić information content (AvgIpc) is 3.44. The molecule has 0 spiro atoms. The fourth-order valence-corrected chi connectivity index (χ4v) is 6.44. The summed E-state index contributed by atoms with van der Waals surface area (Å²) in [5.41, 5.74) is -0.392. The smallest absolute Gasteiger partial charge is 0.410 e. The summed E-state index contributed by atoms with van der Waals surface area (Å²) >= 11 is 6.14. The Hall–Kier alpha value is -3.50. The van der Waals surface area contributed by atoms with Gasteiger partial charge in [0, 0.05) is 63.1 Å². The number of nitrogens with one attached hydrogen (secondary N) is 2. The minimum atomic E-state index is -1.25. The van der Waals surface area contributed by atoms with Crippen molar-refractivity contribution >= 4 is 35.3 Å². The second-order valence-electron chi connectivity index (χ2n) is 11.0. The van der Waals surface area contributed by atoms with Crippen LogP contribution in [0.3, 0.4) is 0 Å². The minimum Gasteiger partial charge on any atom is -0.410 e. The molecule has 1 unspecified atom stereocenters. The van der Waals surface area contributed by atoms with E-state index in [9.17, 15) is 23.6 Å². The number of likely N-dealkylation sites (N-methyl/N-ethyl adjacent to an activating group) is 1. The van der Waals surface area contributed by atoms with Gasteiger partial charge in [-0.05, 0) is 61.2 Å². The van der Waals surface area contributed by atoms with Crippen LogP contribution in [-0.4, -0.2) is 78.8 Å². The van der Waals surface area contributed by atoms with Crippen molar-refractivity contribution in [2.75, 3.05) is 39.8 Å². The normalized spacial score (nSPS) is 25.0. The average molecular weight is 585 g/mol. The number of Topliss-reactive ketones (excluding diaryl/α,β-unsaturated/α-hetero) is 1. The van der Waals surface area contributed by atoms with Gasteiger partial charge in [-0.25, -0.2) is 9.18 Å². The Morgan fingerprint density at radius 2 is 1.68 bits per heavy atom. The van der Waals surface area contributed by atoms with E-state index in [0.717, 1.165) is 5.56 Å². The number of piperidine rings is 2. The van der Waals surface area contributed by atoms with Crippen molar-refractivity contribution in [3.8, 4) is 5.75 Å². The molecular weight excluding hydrogens is 551 g/mol. The number of hydrogen-bond acceptors (Lipinski definition) is 6. The third kappa shape index (κ3) is 5.94. The predicted octanol–water partition coefficient (Wildman–Crippen LogP) is 3.37. The Bertz CT molecular complexity index is 1290. The molecule has 2 N–H and O–H groups in total. The van der Waals surface area contributed by atoms with Crippen molar-refractivity contribution in [3.05, 3.63) is 64.9 Å². The molecule has 3 heterocycles. The van der Waals surface area contributed by atoms with Crippen LogP contribution in [0.15, 0.2) is 48.5 Å². The molecule has 3 fully saturated rings. The Kier molecular flexibility index (Phi) is 8.60. The lowest BCUT2D eigenvalue weighted by Gasteiger charge is -2.44. The molecule has 0 aromatic heterocycles. The number of ether oxygens (including phenoxy) is 1. The molecule has 3 saturated heterocycles. The van der Waals surface area contributed by atoms with Crippen molar-refractivity contribution in [2.45, 2.75) is 37.1 Å². The van der Waals surface area contributed by atoms with E-state index in [-0.39, 0.29) is 47.6 Å². The molecule has 0 radical (unpaired) electrons. The topological polar surface area (TPSA) is 108 Å². The van der Waals surface area contributed by atoms with E-state index in [0.29, 0.717) is 56.9 Å². The van der Waals surface area contributed by atoms with Gasteiger partial charge in [0.25, 0.3) is 0 Å². The number of halogens is 2. The lowest BCUT2D eigenvalue weighted by Crippen LogP contribution is -2.62. The summed E-state index contributed by atoms with van der Waals surface area (Å²) in [7, 11) is 1.57. The number of rotatable bonds is 6. The largest absolute Gasteiger partial charge is 0.415 e. The molecule has 11 heteroatoms. The third-order valence-electron chi connectivity index (χ3n) is 8.70. The molecule has 2 aromatic rings. The van der Waals surface area contributed by atoms with Gasteiger partial charge in [0.2, 0.25) is 11.8 Å². The van der Waals surface area contributed by atoms with Crippen LogP contribution < -0.4 is 15.4 Å². The van der Waals surface area contributed by atoms with Crippen LogP contribution in [0.1, 0.15) is 37.2 Å². The van der Waals surface area contributed by atoms with Crippen LogP contribution in [0, 0.1) is 17.7 Å². The summed E-state index contributed by atoms with van der Waals surface area (Å²) in [6.07, 6.45) is 1.09.